The number of aromatic amines is 1. The van der Waals surface area contributed by atoms with Crippen LogP contribution in [0.15, 0.2) is 29.3 Å². The van der Waals surface area contributed by atoms with Gasteiger partial charge in [-0.05, 0) is 18.3 Å². The van der Waals surface area contributed by atoms with E-state index < -0.39 is 0 Å². The SMILES string of the molecule is NC=CCNc1ccnc(=O)[nH]1. The van der Waals surface area contributed by atoms with Gasteiger partial charge in [0, 0.05) is 12.7 Å². The number of nitrogens with one attached hydrogen (secondary N) is 2. The highest BCUT2D eigenvalue weighted by Crippen LogP contribution is 1.93. The number of nitrogens with two attached hydrogens (primary N) is 1. The number of aromatic nitrogens is 2. The van der Waals surface area contributed by atoms with Crippen molar-refractivity contribution < 1.29 is 0 Å². The molecule has 0 aliphatic rings. The van der Waals surface area contributed by atoms with Crippen molar-refractivity contribution in [2.45, 2.75) is 0 Å². The third-order valence-electron chi connectivity index (χ3n) is 1.22. The highest BCUT2D eigenvalue weighted by Gasteiger charge is 1.88. The van der Waals surface area contributed by atoms with Gasteiger partial charge in [-0.15, -0.1) is 0 Å². The zero-order valence-corrected chi connectivity index (χ0v) is 6.45. The topological polar surface area (TPSA) is 83.8 Å². The monoisotopic (exact) mass is 166 g/mol. The first kappa shape index (κ1) is 8.32. The lowest BCUT2D eigenvalue weighted by Crippen LogP contribution is -2.12. The van der Waals surface area contributed by atoms with Gasteiger partial charge in [0.05, 0.1) is 0 Å². The summed E-state index contributed by atoms with van der Waals surface area (Å²) in [7, 11) is 0. The summed E-state index contributed by atoms with van der Waals surface area (Å²) in [6, 6.07) is 1.67. The normalized spacial score (nSPS) is 10.3. The molecule has 64 valence electrons. The van der Waals surface area contributed by atoms with Crippen molar-refractivity contribution in [1.29, 1.82) is 0 Å². The fourth-order valence-corrected chi connectivity index (χ4v) is 0.709. The second-order valence-corrected chi connectivity index (χ2v) is 2.10. The molecule has 1 aromatic rings. The fraction of sp³-hybridized carbons (Fsp3) is 0.143. The Morgan fingerprint density at radius 2 is 2.58 bits per heavy atom. The van der Waals surface area contributed by atoms with Crippen LogP contribution in [0.2, 0.25) is 0 Å². The second-order valence-electron chi connectivity index (χ2n) is 2.10. The molecule has 0 fully saturated rings. The Bertz CT molecular complexity index is 317. The van der Waals surface area contributed by atoms with Gasteiger partial charge in [-0.25, -0.2) is 9.78 Å². The molecule has 0 spiro atoms. The highest BCUT2D eigenvalue weighted by molar-refractivity contribution is 5.32. The van der Waals surface area contributed by atoms with Gasteiger partial charge in [-0.3, -0.25) is 4.98 Å². The molecule has 1 rings (SSSR count). The molecule has 4 N–H and O–H groups in total. The quantitative estimate of drug-likeness (QED) is 0.573. The summed E-state index contributed by atoms with van der Waals surface area (Å²) in [6.45, 7) is 0.580. The van der Waals surface area contributed by atoms with Crippen LogP contribution >= 0.6 is 0 Å². The van der Waals surface area contributed by atoms with E-state index in [-0.39, 0.29) is 5.69 Å². The molecule has 0 aliphatic carbocycles. The smallest absolute Gasteiger partial charge is 0.346 e. The second kappa shape index (κ2) is 4.17. The van der Waals surface area contributed by atoms with Crippen LogP contribution in [0, 0.1) is 0 Å². The van der Waals surface area contributed by atoms with Crippen molar-refractivity contribution >= 4 is 5.82 Å². The molecular formula is C7H10N4O. The lowest BCUT2D eigenvalue weighted by molar-refractivity contribution is 1.06. The maximum absolute atomic E-state index is 10.7. The Kier molecular flexibility index (Phi) is 2.89. The molecule has 0 aromatic carbocycles. The molecule has 0 unspecified atom stereocenters. The third-order valence-corrected chi connectivity index (χ3v) is 1.22. The molecule has 0 bridgehead atoms. The van der Waals surface area contributed by atoms with Crippen LogP contribution in [0.3, 0.4) is 0 Å². The van der Waals surface area contributed by atoms with Gasteiger partial charge in [-0.2, -0.15) is 0 Å². The first-order valence-corrected chi connectivity index (χ1v) is 3.49. The molecule has 0 radical (unpaired) electrons. The summed E-state index contributed by atoms with van der Waals surface area (Å²) in [5.41, 5.74) is 4.75. The third kappa shape index (κ3) is 2.45. The molecule has 0 atom stereocenters. The Morgan fingerprint density at radius 1 is 1.75 bits per heavy atom. The summed E-state index contributed by atoms with van der Waals surface area (Å²) in [5, 5.41) is 2.92. The average Bonchev–Trinajstić information content (AvgIpc) is 2.05. The summed E-state index contributed by atoms with van der Waals surface area (Å²) < 4.78 is 0. The van der Waals surface area contributed by atoms with Crippen molar-refractivity contribution in [3.8, 4) is 0 Å². The molecule has 1 heterocycles. The van der Waals surface area contributed by atoms with E-state index in [2.05, 4.69) is 15.3 Å². The standard InChI is InChI=1S/C7H10N4O/c8-3-1-4-9-6-2-5-10-7(12)11-6/h1-3,5H,4,8H2,(H2,9,10,11,12). The molecule has 1 aromatic heterocycles. The summed E-state index contributed by atoms with van der Waals surface area (Å²) in [4.78, 5) is 16.7. The number of hydrogen-bond acceptors (Lipinski definition) is 4. The predicted molar refractivity (Wildman–Crippen MR) is 46.7 cm³/mol. The predicted octanol–water partition coefficient (Wildman–Crippen LogP) is -0.346. The first-order valence-electron chi connectivity index (χ1n) is 3.49. The number of anilines is 1. The van der Waals surface area contributed by atoms with Crippen LogP contribution < -0.4 is 16.7 Å². The van der Waals surface area contributed by atoms with Gasteiger partial charge in [0.2, 0.25) is 0 Å². The molecule has 0 saturated heterocycles. The van der Waals surface area contributed by atoms with Crippen molar-refractivity contribution in [3.05, 3.63) is 35.0 Å². The van der Waals surface area contributed by atoms with E-state index >= 15 is 0 Å². The van der Waals surface area contributed by atoms with E-state index in [1.807, 2.05) is 0 Å². The lowest BCUT2D eigenvalue weighted by atomic mass is 10.5. The van der Waals surface area contributed by atoms with E-state index in [0.29, 0.717) is 12.4 Å². The maximum atomic E-state index is 10.7. The van der Waals surface area contributed by atoms with Crippen molar-refractivity contribution in [2.24, 2.45) is 5.73 Å². The summed E-state index contributed by atoms with van der Waals surface area (Å²) in [5.74, 6) is 0.633. The van der Waals surface area contributed by atoms with Gasteiger partial charge < -0.3 is 11.1 Å². The van der Waals surface area contributed by atoms with E-state index in [1.54, 1.807) is 12.1 Å². The van der Waals surface area contributed by atoms with Crippen LogP contribution in [0.4, 0.5) is 5.82 Å². The van der Waals surface area contributed by atoms with Gasteiger partial charge in [0.25, 0.3) is 0 Å². The van der Waals surface area contributed by atoms with Crippen molar-refractivity contribution in [1.82, 2.24) is 9.97 Å². The molecular weight excluding hydrogens is 156 g/mol. The Morgan fingerprint density at radius 3 is 3.25 bits per heavy atom. The Labute approximate surface area is 69.3 Å². The Hall–Kier alpha value is -1.78. The zero-order valence-electron chi connectivity index (χ0n) is 6.45. The van der Waals surface area contributed by atoms with Gasteiger partial charge >= 0.3 is 5.69 Å². The largest absolute Gasteiger partial charge is 0.405 e. The van der Waals surface area contributed by atoms with Gasteiger partial charge in [0.15, 0.2) is 0 Å². The summed E-state index contributed by atoms with van der Waals surface area (Å²) >= 11 is 0. The van der Waals surface area contributed by atoms with Crippen LogP contribution in [-0.4, -0.2) is 16.5 Å². The van der Waals surface area contributed by atoms with E-state index in [0.717, 1.165) is 0 Å². The molecule has 0 aliphatic heterocycles. The number of rotatable bonds is 3. The van der Waals surface area contributed by atoms with Gasteiger partial charge in [0.1, 0.15) is 5.82 Å². The molecule has 0 saturated carbocycles. The first-order chi connectivity index (χ1) is 5.83. The molecule has 12 heavy (non-hydrogen) atoms. The van der Waals surface area contributed by atoms with Crippen molar-refractivity contribution in [3.63, 3.8) is 0 Å². The van der Waals surface area contributed by atoms with Crippen LogP contribution in [0.5, 0.6) is 0 Å². The lowest BCUT2D eigenvalue weighted by Gasteiger charge is -1.99. The van der Waals surface area contributed by atoms with Crippen LogP contribution in [0.25, 0.3) is 0 Å². The maximum Gasteiger partial charge on any atom is 0.346 e. The number of H-pyrrole nitrogens is 1. The Balaban J connectivity index is 2.58. The van der Waals surface area contributed by atoms with Crippen molar-refractivity contribution in [2.75, 3.05) is 11.9 Å². The van der Waals surface area contributed by atoms with E-state index in [4.69, 9.17) is 5.73 Å². The van der Waals surface area contributed by atoms with Gasteiger partial charge in [-0.1, -0.05) is 0 Å². The van der Waals surface area contributed by atoms with E-state index in [1.165, 1.54) is 12.4 Å². The highest BCUT2D eigenvalue weighted by atomic mass is 16.1. The van der Waals surface area contributed by atoms with E-state index in [9.17, 15) is 4.79 Å². The van der Waals surface area contributed by atoms with Crippen LogP contribution in [-0.2, 0) is 0 Å². The molecule has 5 nitrogen and oxygen atoms in total. The molecule has 5 heteroatoms. The zero-order chi connectivity index (χ0) is 8.81. The minimum Gasteiger partial charge on any atom is -0.405 e. The minimum atomic E-state index is -0.364. The number of hydrogen-bond donors (Lipinski definition) is 3. The summed E-state index contributed by atoms with van der Waals surface area (Å²) in [6.07, 6.45) is 4.61. The number of nitrogens with zero attached hydrogens (tertiary/aromatic N) is 1. The minimum absolute atomic E-state index is 0.364. The average molecular weight is 166 g/mol. The fourth-order valence-electron chi connectivity index (χ4n) is 0.709. The molecule has 0 amide bonds. The van der Waals surface area contributed by atoms with Crippen LogP contribution in [0.1, 0.15) is 0 Å².